The van der Waals surface area contributed by atoms with Crippen molar-refractivity contribution in [1.29, 1.82) is 0 Å². The van der Waals surface area contributed by atoms with Crippen molar-refractivity contribution in [2.45, 2.75) is 19.9 Å². The Bertz CT molecular complexity index is 1000. The molecule has 0 aliphatic rings. The fourth-order valence-electron chi connectivity index (χ4n) is 2.28. The quantitative estimate of drug-likeness (QED) is 0.557. The average Bonchev–Trinajstić information content (AvgIpc) is 2.95. The molecule has 0 unspecified atom stereocenters. The first-order valence-corrected chi connectivity index (χ1v) is 8.64. The van der Waals surface area contributed by atoms with Crippen LogP contribution in [0.4, 0.5) is 0 Å². The number of hydrogen-bond acceptors (Lipinski definition) is 4. The Hall–Kier alpha value is -1.76. The van der Waals surface area contributed by atoms with E-state index in [1.807, 2.05) is 13.0 Å². The molecule has 0 amide bonds. The van der Waals surface area contributed by atoms with Gasteiger partial charge in [0.25, 0.3) is 5.56 Å². The van der Waals surface area contributed by atoms with Gasteiger partial charge in [-0.05, 0) is 49.0 Å². The molecule has 2 aromatic heterocycles. The van der Waals surface area contributed by atoms with Crippen molar-refractivity contribution in [2.24, 2.45) is 0 Å². The summed E-state index contributed by atoms with van der Waals surface area (Å²) >= 11 is 12.6. The van der Waals surface area contributed by atoms with Gasteiger partial charge >= 0.3 is 0 Å². The summed E-state index contributed by atoms with van der Waals surface area (Å²) in [5.41, 5.74) is 0.261. The number of aryl methyl sites for hydroxylation is 1. The van der Waals surface area contributed by atoms with E-state index in [9.17, 15) is 9.59 Å². The van der Waals surface area contributed by atoms with E-state index < -0.39 is 0 Å². The zero-order valence-electron chi connectivity index (χ0n) is 12.3. The molecule has 0 aliphatic heterocycles. The number of carbonyl (C=O) groups excluding carboxylic acids is 1. The largest absolute Gasteiger partial charge is 0.323 e. The second kappa shape index (κ2) is 6.39. The van der Waals surface area contributed by atoms with Crippen LogP contribution >= 0.6 is 35.2 Å². The number of ketones is 1. The van der Waals surface area contributed by atoms with E-state index in [2.05, 4.69) is 4.98 Å². The molecule has 0 spiro atoms. The molecule has 3 aromatic rings. The summed E-state index contributed by atoms with van der Waals surface area (Å²) in [6, 6.07) is 8.43. The van der Waals surface area contributed by atoms with Gasteiger partial charge in [0, 0.05) is 15.5 Å². The van der Waals surface area contributed by atoms with E-state index in [1.54, 1.807) is 24.3 Å². The van der Waals surface area contributed by atoms with Crippen LogP contribution in [0.25, 0.3) is 10.2 Å². The topological polar surface area (TPSA) is 54.9 Å². The molecule has 0 aliphatic carbocycles. The van der Waals surface area contributed by atoms with Crippen molar-refractivity contribution in [1.82, 2.24) is 9.55 Å². The highest BCUT2D eigenvalue weighted by Crippen LogP contribution is 2.21. The van der Waals surface area contributed by atoms with Crippen LogP contribution in [-0.2, 0) is 13.0 Å². The number of nitrogens with one attached hydrogen (secondary N) is 1. The van der Waals surface area contributed by atoms with Gasteiger partial charge in [0.1, 0.15) is 4.83 Å². The fraction of sp³-hybridized carbons (Fsp3) is 0.188. The molecule has 1 aromatic carbocycles. The summed E-state index contributed by atoms with van der Waals surface area (Å²) in [4.78, 5) is 29.9. The maximum absolute atomic E-state index is 12.6. The highest BCUT2D eigenvalue weighted by molar-refractivity contribution is 7.71. The van der Waals surface area contributed by atoms with Gasteiger partial charge in [0.15, 0.2) is 10.6 Å². The number of H-pyrrole nitrogens is 1. The second-order valence-electron chi connectivity index (χ2n) is 5.06. The van der Waals surface area contributed by atoms with Crippen LogP contribution in [0.1, 0.15) is 22.2 Å². The Morgan fingerprint density at radius 1 is 1.35 bits per heavy atom. The predicted molar refractivity (Wildman–Crippen MR) is 96.4 cm³/mol. The number of aromatic amines is 1. The number of Topliss-reactive ketones (excluding diaryl/α,β-unsaturated/α-hetero) is 1. The molecule has 0 atom stereocenters. The maximum atomic E-state index is 12.6. The van der Waals surface area contributed by atoms with Crippen molar-refractivity contribution in [3.63, 3.8) is 0 Å². The highest BCUT2D eigenvalue weighted by Gasteiger charge is 2.13. The van der Waals surface area contributed by atoms with Crippen LogP contribution in [0, 0.1) is 4.77 Å². The third-order valence-electron chi connectivity index (χ3n) is 3.54. The summed E-state index contributed by atoms with van der Waals surface area (Å²) in [7, 11) is 0. The molecule has 0 fully saturated rings. The van der Waals surface area contributed by atoms with Crippen LogP contribution in [-0.4, -0.2) is 15.3 Å². The first-order valence-electron chi connectivity index (χ1n) is 7.04. The number of benzene rings is 1. The van der Waals surface area contributed by atoms with Crippen LogP contribution in [0.5, 0.6) is 0 Å². The van der Waals surface area contributed by atoms with Gasteiger partial charge in [0.05, 0.1) is 11.9 Å². The Morgan fingerprint density at radius 3 is 2.70 bits per heavy atom. The number of halogens is 1. The van der Waals surface area contributed by atoms with E-state index in [-0.39, 0.29) is 22.7 Å². The van der Waals surface area contributed by atoms with E-state index >= 15 is 0 Å². The minimum absolute atomic E-state index is 0.0942. The minimum Gasteiger partial charge on any atom is -0.323 e. The first kappa shape index (κ1) is 16.1. The van der Waals surface area contributed by atoms with Gasteiger partial charge in [0.2, 0.25) is 0 Å². The zero-order valence-corrected chi connectivity index (χ0v) is 14.6. The summed E-state index contributed by atoms with van der Waals surface area (Å²) in [5, 5.41) is 1.13. The lowest BCUT2D eigenvalue weighted by molar-refractivity contribution is 0.0970. The molecule has 0 radical (unpaired) electrons. The fourth-order valence-corrected chi connectivity index (χ4v) is 3.71. The van der Waals surface area contributed by atoms with Gasteiger partial charge in [-0.1, -0.05) is 18.5 Å². The summed E-state index contributed by atoms with van der Waals surface area (Å²) in [6.45, 7) is 1.94. The maximum Gasteiger partial charge on any atom is 0.263 e. The van der Waals surface area contributed by atoms with E-state index in [0.29, 0.717) is 16.0 Å². The van der Waals surface area contributed by atoms with Gasteiger partial charge < -0.3 is 4.98 Å². The standard InChI is InChI=1S/C16H13ClN2O2S2/c1-2-11-7-12-14(23-11)18-16(22)19(15(12)21)8-13(20)9-3-5-10(17)6-4-9/h3-7H,2,8H2,1H3,(H,18,22). The summed E-state index contributed by atoms with van der Waals surface area (Å²) in [6.07, 6.45) is 0.850. The molecule has 118 valence electrons. The smallest absolute Gasteiger partial charge is 0.263 e. The lowest BCUT2D eigenvalue weighted by atomic mass is 10.1. The van der Waals surface area contributed by atoms with E-state index in [1.165, 1.54) is 15.9 Å². The highest BCUT2D eigenvalue weighted by atomic mass is 35.5. The molecule has 1 N–H and O–H groups in total. The van der Waals surface area contributed by atoms with Crippen LogP contribution in [0.3, 0.4) is 0 Å². The minimum atomic E-state index is -0.234. The number of fused-ring (bicyclic) bond motifs is 1. The van der Waals surface area contributed by atoms with Crippen molar-refractivity contribution in [3.8, 4) is 0 Å². The molecular weight excluding hydrogens is 352 g/mol. The van der Waals surface area contributed by atoms with Gasteiger partial charge in [-0.3, -0.25) is 14.2 Å². The third kappa shape index (κ3) is 3.15. The number of aromatic nitrogens is 2. The number of thiophene rings is 1. The number of hydrogen-bond donors (Lipinski definition) is 1. The number of rotatable bonds is 4. The van der Waals surface area contributed by atoms with Crippen LogP contribution in [0.2, 0.25) is 5.02 Å². The third-order valence-corrected chi connectivity index (χ3v) is 5.31. The number of carbonyl (C=O) groups is 1. The molecule has 3 rings (SSSR count). The van der Waals surface area contributed by atoms with Crippen molar-refractivity contribution >= 4 is 51.2 Å². The Labute approximate surface area is 146 Å². The summed E-state index contributed by atoms with van der Waals surface area (Å²) < 4.78 is 1.56. The lowest BCUT2D eigenvalue weighted by Gasteiger charge is -2.06. The zero-order chi connectivity index (χ0) is 16.6. The van der Waals surface area contributed by atoms with Gasteiger partial charge in [-0.2, -0.15) is 0 Å². The van der Waals surface area contributed by atoms with E-state index in [4.69, 9.17) is 23.8 Å². The normalized spacial score (nSPS) is 11.0. The molecular formula is C16H13ClN2O2S2. The Balaban J connectivity index is 2.02. The first-order chi connectivity index (χ1) is 11.0. The van der Waals surface area contributed by atoms with E-state index in [0.717, 1.165) is 16.1 Å². The molecule has 7 heteroatoms. The van der Waals surface area contributed by atoms with Gasteiger partial charge in [-0.25, -0.2) is 0 Å². The Morgan fingerprint density at radius 2 is 2.04 bits per heavy atom. The average molecular weight is 365 g/mol. The molecule has 0 saturated carbocycles. The Kier molecular flexibility index (Phi) is 4.48. The predicted octanol–water partition coefficient (Wildman–Crippen LogP) is 4.22. The monoisotopic (exact) mass is 364 g/mol. The van der Waals surface area contributed by atoms with Crippen molar-refractivity contribution < 1.29 is 4.79 Å². The summed E-state index contributed by atoms with van der Waals surface area (Å²) in [5.74, 6) is -0.187. The molecule has 2 heterocycles. The van der Waals surface area contributed by atoms with Crippen molar-refractivity contribution in [3.05, 3.63) is 60.9 Å². The molecule has 4 nitrogen and oxygen atoms in total. The van der Waals surface area contributed by atoms with Crippen molar-refractivity contribution in [2.75, 3.05) is 0 Å². The second-order valence-corrected chi connectivity index (χ2v) is 7.02. The number of nitrogens with zero attached hydrogens (tertiary/aromatic N) is 1. The van der Waals surface area contributed by atoms with Crippen LogP contribution in [0.15, 0.2) is 35.1 Å². The van der Waals surface area contributed by atoms with Gasteiger partial charge in [-0.15, -0.1) is 11.3 Å². The molecule has 0 bridgehead atoms. The lowest BCUT2D eigenvalue weighted by Crippen LogP contribution is -2.25. The SMILES string of the molecule is CCc1cc2c(=O)n(CC(=O)c3ccc(Cl)cc3)c(=S)[nH]c2s1. The molecule has 0 saturated heterocycles. The van der Waals surface area contributed by atoms with Crippen LogP contribution < -0.4 is 5.56 Å². The molecule has 23 heavy (non-hydrogen) atoms.